The van der Waals surface area contributed by atoms with Crippen molar-refractivity contribution >= 4 is 5.91 Å². The highest BCUT2D eigenvalue weighted by atomic mass is 16.5. The molecule has 3 aromatic rings. The van der Waals surface area contributed by atoms with Gasteiger partial charge in [-0.3, -0.25) is 14.4 Å². The summed E-state index contributed by atoms with van der Waals surface area (Å²) in [6, 6.07) is 12.4. The molecule has 3 heterocycles. The van der Waals surface area contributed by atoms with Crippen molar-refractivity contribution in [1.82, 2.24) is 24.7 Å². The first kappa shape index (κ1) is 21.9. The summed E-state index contributed by atoms with van der Waals surface area (Å²) in [4.78, 5) is 17.7. The number of carbonyl (C=O) groups excluding carboxylic acids is 1. The summed E-state index contributed by atoms with van der Waals surface area (Å²) >= 11 is 0. The van der Waals surface area contributed by atoms with Gasteiger partial charge in [0.1, 0.15) is 0 Å². The molecular weight excluding hydrogens is 414 g/mol. The number of aromatic nitrogens is 3. The van der Waals surface area contributed by atoms with E-state index in [0.29, 0.717) is 18.3 Å². The van der Waals surface area contributed by atoms with Gasteiger partial charge in [-0.2, -0.15) is 5.10 Å². The number of likely N-dealkylation sites (tertiary alicyclic amines) is 1. The van der Waals surface area contributed by atoms with Crippen molar-refractivity contribution in [3.8, 4) is 11.3 Å². The molecule has 1 saturated heterocycles. The molecule has 0 saturated carbocycles. The molecule has 1 atom stereocenters. The Bertz CT molecular complexity index is 1100. The maximum Gasteiger partial charge on any atom is 0.274 e. The average molecular weight is 448 g/mol. The van der Waals surface area contributed by atoms with Crippen molar-refractivity contribution in [1.29, 1.82) is 0 Å². The van der Waals surface area contributed by atoms with Crippen LogP contribution in [-0.2, 0) is 26.4 Å². The van der Waals surface area contributed by atoms with E-state index >= 15 is 0 Å². The maximum absolute atomic E-state index is 13.4. The highest BCUT2D eigenvalue weighted by molar-refractivity contribution is 5.94. The van der Waals surface area contributed by atoms with E-state index in [1.165, 1.54) is 18.5 Å². The number of aryl methyl sites for hydroxylation is 1. The second-order valence-corrected chi connectivity index (χ2v) is 9.46. The minimum Gasteiger partial charge on any atom is -0.356 e. The van der Waals surface area contributed by atoms with Crippen LogP contribution in [0.15, 0.2) is 40.9 Å². The van der Waals surface area contributed by atoms with Crippen molar-refractivity contribution in [2.24, 2.45) is 7.05 Å². The van der Waals surface area contributed by atoms with E-state index in [-0.39, 0.29) is 5.91 Å². The van der Waals surface area contributed by atoms with Gasteiger partial charge in [-0.25, -0.2) is 0 Å². The van der Waals surface area contributed by atoms with Crippen LogP contribution in [0.4, 0.5) is 0 Å². The second kappa shape index (κ2) is 9.51. The largest absolute Gasteiger partial charge is 0.356 e. The van der Waals surface area contributed by atoms with E-state index in [2.05, 4.69) is 17.1 Å². The molecule has 1 fully saturated rings. The van der Waals surface area contributed by atoms with Gasteiger partial charge in [-0.15, -0.1) is 0 Å². The van der Waals surface area contributed by atoms with E-state index < -0.39 is 0 Å². The van der Waals surface area contributed by atoms with Crippen molar-refractivity contribution in [3.63, 3.8) is 0 Å². The van der Waals surface area contributed by atoms with Crippen LogP contribution in [0.1, 0.15) is 59.5 Å². The molecule has 5 rings (SSSR count). The van der Waals surface area contributed by atoms with Gasteiger partial charge in [0.25, 0.3) is 5.91 Å². The zero-order valence-corrected chi connectivity index (χ0v) is 19.7. The molecule has 7 nitrogen and oxygen atoms in total. The third kappa shape index (κ3) is 4.60. The standard InChI is InChI=1S/C26H33N5O2/c1-29(18-20-16-24(33-28-20)19-10-6-5-7-11-19)21-12-13-23-22(17-21)25(27-30(23)2)26(32)31-14-8-3-4-9-15-31/h5-7,10-11,16,21H,3-4,8-9,12-15,17-18H2,1-2H3. The molecule has 2 aliphatic rings. The van der Waals surface area contributed by atoms with Crippen LogP contribution >= 0.6 is 0 Å². The zero-order chi connectivity index (χ0) is 22.8. The molecule has 1 aromatic carbocycles. The van der Waals surface area contributed by atoms with E-state index in [0.717, 1.165) is 67.8 Å². The van der Waals surface area contributed by atoms with Crippen LogP contribution in [0.25, 0.3) is 11.3 Å². The fourth-order valence-electron chi connectivity index (χ4n) is 5.25. The number of fused-ring (bicyclic) bond motifs is 1. The summed E-state index contributed by atoms with van der Waals surface area (Å²) in [5, 5.41) is 8.99. The summed E-state index contributed by atoms with van der Waals surface area (Å²) in [6.07, 6.45) is 7.44. The molecule has 1 aliphatic carbocycles. The fourth-order valence-corrected chi connectivity index (χ4v) is 5.25. The Hall–Kier alpha value is -2.93. The Morgan fingerprint density at radius 2 is 1.91 bits per heavy atom. The Morgan fingerprint density at radius 3 is 2.67 bits per heavy atom. The summed E-state index contributed by atoms with van der Waals surface area (Å²) in [6.45, 7) is 2.42. The van der Waals surface area contributed by atoms with Gasteiger partial charge in [-0.05, 0) is 39.2 Å². The number of amides is 1. The summed E-state index contributed by atoms with van der Waals surface area (Å²) < 4.78 is 7.52. The lowest BCUT2D eigenvalue weighted by Crippen LogP contribution is -2.37. The van der Waals surface area contributed by atoms with E-state index in [4.69, 9.17) is 9.62 Å². The molecule has 0 radical (unpaired) electrons. The number of rotatable bonds is 5. The van der Waals surface area contributed by atoms with Crippen molar-refractivity contribution in [2.75, 3.05) is 20.1 Å². The number of likely N-dealkylation sites (N-methyl/N-ethyl adjacent to an activating group) is 1. The van der Waals surface area contributed by atoms with Gasteiger partial charge in [0.2, 0.25) is 0 Å². The Labute approximate surface area is 195 Å². The smallest absolute Gasteiger partial charge is 0.274 e. The van der Waals surface area contributed by atoms with Crippen molar-refractivity contribution in [2.45, 2.75) is 57.5 Å². The Balaban J connectivity index is 1.29. The molecule has 7 heteroatoms. The summed E-state index contributed by atoms with van der Waals surface area (Å²) in [5.41, 5.74) is 4.98. The lowest BCUT2D eigenvalue weighted by molar-refractivity contribution is 0.0753. The summed E-state index contributed by atoms with van der Waals surface area (Å²) in [5.74, 6) is 0.906. The highest BCUT2D eigenvalue weighted by Gasteiger charge is 2.32. The molecule has 1 amide bonds. The molecular formula is C26H33N5O2. The quantitative estimate of drug-likeness (QED) is 0.590. The van der Waals surface area contributed by atoms with Gasteiger partial charge in [0.15, 0.2) is 11.5 Å². The first-order valence-electron chi connectivity index (χ1n) is 12.2. The minimum atomic E-state index is 0.112. The predicted molar refractivity (Wildman–Crippen MR) is 127 cm³/mol. The molecule has 0 spiro atoms. The van der Waals surface area contributed by atoms with E-state index in [1.54, 1.807) is 0 Å². The average Bonchev–Trinajstić information content (AvgIpc) is 3.32. The monoisotopic (exact) mass is 447 g/mol. The van der Waals surface area contributed by atoms with Crippen LogP contribution in [0.2, 0.25) is 0 Å². The molecule has 174 valence electrons. The van der Waals surface area contributed by atoms with Crippen molar-refractivity contribution in [3.05, 3.63) is 59.0 Å². The van der Waals surface area contributed by atoms with E-state index in [1.807, 2.05) is 53.0 Å². The maximum atomic E-state index is 13.4. The lowest BCUT2D eigenvalue weighted by atomic mass is 9.90. The van der Waals surface area contributed by atoms with E-state index in [9.17, 15) is 4.79 Å². The second-order valence-electron chi connectivity index (χ2n) is 9.46. The first-order valence-corrected chi connectivity index (χ1v) is 12.2. The van der Waals surface area contributed by atoms with Crippen LogP contribution in [0.3, 0.4) is 0 Å². The number of hydrogen-bond donors (Lipinski definition) is 0. The summed E-state index contributed by atoms with van der Waals surface area (Å²) in [7, 11) is 4.11. The molecule has 2 aromatic heterocycles. The molecule has 33 heavy (non-hydrogen) atoms. The Kier molecular flexibility index (Phi) is 6.31. The number of benzene rings is 1. The zero-order valence-electron chi connectivity index (χ0n) is 19.7. The van der Waals surface area contributed by atoms with Gasteiger partial charge in [0.05, 0.1) is 5.69 Å². The minimum absolute atomic E-state index is 0.112. The third-order valence-electron chi connectivity index (χ3n) is 7.18. The van der Waals surface area contributed by atoms with Crippen LogP contribution in [-0.4, -0.2) is 56.8 Å². The molecule has 0 N–H and O–H groups in total. The highest BCUT2D eigenvalue weighted by Crippen LogP contribution is 2.29. The first-order chi connectivity index (χ1) is 16.1. The lowest BCUT2D eigenvalue weighted by Gasteiger charge is -2.31. The van der Waals surface area contributed by atoms with Crippen LogP contribution < -0.4 is 0 Å². The van der Waals surface area contributed by atoms with Gasteiger partial charge >= 0.3 is 0 Å². The fraction of sp³-hybridized carbons (Fsp3) is 0.500. The molecule has 1 unspecified atom stereocenters. The topological polar surface area (TPSA) is 67.4 Å². The van der Waals surface area contributed by atoms with Crippen LogP contribution in [0, 0.1) is 0 Å². The number of nitrogens with zero attached hydrogens (tertiary/aromatic N) is 5. The molecule has 1 aliphatic heterocycles. The van der Waals surface area contributed by atoms with Gasteiger partial charge in [0, 0.05) is 55.6 Å². The predicted octanol–water partition coefficient (Wildman–Crippen LogP) is 4.08. The number of carbonyl (C=O) groups is 1. The van der Waals surface area contributed by atoms with Gasteiger partial charge < -0.3 is 9.42 Å². The third-order valence-corrected chi connectivity index (χ3v) is 7.18. The normalized spacial score (nSPS) is 18.9. The van der Waals surface area contributed by atoms with Gasteiger partial charge in [-0.1, -0.05) is 48.3 Å². The number of hydrogen-bond acceptors (Lipinski definition) is 5. The van der Waals surface area contributed by atoms with Crippen molar-refractivity contribution < 1.29 is 9.32 Å². The van der Waals surface area contributed by atoms with Crippen LogP contribution in [0.5, 0.6) is 0 Å². The SMILES string of the molecule is CN(Cc1cc(-c2ccccc2)on1)C1CCc2c(c(C(=O)N3CCCCCC3)nn2C)C1. The Morgan fingerprint density at radius 1 is 1.15 bits per heavy atom. The molecule has 0 bridgehead atoms.